The highest BCUT2D eigenvalue weighted by atomic mass is 79.9. The number of alkyl halides is 7. The van der Waals surface area contributed by atoms with Crippen LogP contribution in [0.3, 0.4) is 0 Å². The molecule has 2 unspecified atom stereocenters. The molecular formula is C4HBr2ClF4. The fourth-order valence-corrected chi connectivity index (χ4v) is 2.08. The first kappa shape index (κ1) is 10.1. The Balaban J connectivity index is 2.98. The minimum Gasteiger partial charge on any atom is -0.198 e. The van der Waals surface area contributed by atoms with Gasteiger partial charge in [0, 0.05) is 0 Å². The summed E-state index contributed by atoms with van der Waals surface area (Å²) in [5.41, 5.74) is 0. The van der Waals surface area contributed by atoms with E-state index >= 15 is 0 Å². The first-order valence-electron chi connectivity index (χ1n) is 2.43. The van der Waals surface area contributed by atoms with Crippen LogP contribution < -0.4 is 0 Å². The van der Waals surface area contributed by atoms with E-state index in [0.717, 1.165) is 0 Å². The Kier molecular flexibility index (Phi) is 2.06. The molecule has 7 heteroatoms. The van der Waals surface area contributed by atoms with Gasteiger partial charge >= 0.3 is 11.8 Å². The van der Waals surface area contributed by atoms with Crippen molar-refractivity contribution in [3.8, 4) is 0 Å². The summed E-state index contributed by atoms with van der Waals surface area (Å²) in [6.45, 7) is 0. The predicted molar refractivity (Wildman–Crippen MR) is 40.1 cm³/mol. The number of hydrogen-bond acceptors (Lipinski definition) is 0. The SMILES string of the molecule is FC1(F)C(Br)C(Cl)(Br)C1(F)F. The van der Waals surface area contributed by atoms with Gasteiger partial charge in [0.2, 0.25) is 0 Å². The summed E-state index contributed by atoms with van der Waals surface area (Å²) in [5.74, 6) is -8.30. The van der Waals surface area contributed by atoms with Gasteiger partial charge in [0.05, 0.1) is 0 Å². The van der Waals surface area contributed by atoms with Crippen molar-refractivity contribution in [2.75, 3.05) is 0 Å². The maximum atomic E-state index is 12.4. The standard InChI is InChI=1S/C4HBr2ClF4/c5-1-2(6,7)4(10,11)3(1,8)9/h1H. The van der Waals surface area contributed by atoms with Crippen molar-refractivity contribution in [1.82, 2.24) is 0 Å². The summed E-state index contributed by atoms with van der Waals surface area (Å²) < 4.78 is 47.0. The second-order valence-corrected chi connectivity index (χ2v) is 5.40. The fourth-order valence-electron chi connectivity index (χ4n) is 0.690. The molecule has 0 heterocycles. The van der Waals surface area contributed by atoms with Gasteiger partial charge in [0.25, 0.3) is 0 Å². The van der Waals surface area contributed by atoms with Crippen molar-refractivity contribution < 1.29 is 17.6 Å². The van der Waals surface area contributed by atoms with Crippen molar-refractivity contribution in [3.05, 3.63) is 0 Å². The average molecular weight is 320 g/mol. The predicted octanol–water partition coefficient (Wildman–Crippen LogP) is 3.36. The molecule has 0 bridgehead atoms. The lowest BCUT2D eigenvalue weighted by Crippen LogP contribution is -2.74. The van der Waals surface area contributed by atoms with Crippen molar-refractivity contribution in [1.29, 1.82) is 0 Å². The second-order valence-electron chi connectivity index (χ2n) is 2.18. The van der Waals surface area contributed by atoms with Gasteiger partial charge in [0.15, 0.2) is 3.78 Å². The van der Waals surface area contributed by atoms with E-state index in [1.54, 1.807) is 0 Å². The smallest absolute Gasteiger partial charge is 0.198 e. The van der Waals surface area contributed by atoms with Crippen molar-refractivity contribution >= 4 is 43.5 Å². The largest absolute Gasteiger partial charge is 0.341 e. The topological polar surface area (TPSA) is 0 Å². The summed E-state index contributed by atoms with van der Waals surface area (Å²) >= 11 is 9.76. The first-order valence-corrected chi connectivity index (χ1v) is 4.52. The lowest BCUT2D eigenvalue weighted by atomic mass is 9.88. The van der Waals surface area contributed by atoms with Crippen LogP contribution >= 0.6 is 43.5 Å². The lowest BCUT2D eigenvalue weighted by molar-refractivity contribution is -0.270. The number of rotatable bonds is 0. The molecule has 0 spiro atoms. The summed E-state index contributed by atoms with van der Waals surface area (Å²) in [6, 6.07) is 0. The monoisotopic (exact) mass is 318 g/mol. The Morgan fingerprint density at radius 3 is 1.64 bits per heavy atom. The maximum absolute atomic E-state index is 12.4. The van der Waals surface area contributed by atoms with Gasteiger partial charge in [-0.25, -0.2) is 0 Å². The van der Waals surface area contributed by atoms with Gasteiger partial charge in [-0.15, -0.1) is 0 Å². The van der Waals surface area contributed by atoms with E-state index in [9.17, 15) is 17.6 Å². The minimum absolute atomic E-state index is 1.75. The van der Waals surface area contributed by atoms with Crippen LogP contribution in [0.4, 0.5) is 17.6 Å². The van der Waals surface area contributed by atoms with Crippen LogP contribution in [0.1, 0.15) is 0 Å². The Labute approximate surface area is 81.5 Å². The van der Waals surface area contributed by atoms with Gasteiger partial charge in [-0.05, 0) is 0 Å². The highest BCUT2D eigenvalue weighted by Crippen LogP contribution is 2.66. The van der Waals surface area contributed by atoms with Crippen LogP contribution in [0.2, 0.25) is 0 Å². The van der Waals surface area contributed by atoms with Gasteiger partial charge in [0.1, 0.15) is 4.83 Å². The van der Waals surface area contributed by atoms with Crippen molar-refractivity contribution in [2.45, 2.75) is 20.5 Å². The highest BCUT2D eigenvalue weighted by molar-refractivity contribution is 9.13. The van der Waals surface area contributed by atoms with E-state index in [-0.39, 0.29) is 0 Å². The Bertz CT molecular complexity index is 175. The van der Waals surface area contributed by atoms with E-state index in [1.165, 1.54) is 0 Å². The zero-order chi connectivity index (χ0) is 9.08. The third kappa shape index (κ3) is 0.920. The maximum Gasteiger partial charge on any atom is 0.341 e. The molecule has 0 aromatic carbocycles. The van der Waals surface area contributed by atoms with Gasteiger partial charge in [-0.2, -0.15) is 17.6 Å². The molecular weight excluding hydrogens is 319 g/mol. The average Bonchev–Trinajstić information content (AvgIpc) is 1.84. The van der Waals surface area contributed by atoms with E-state index < -0.39 is 20.5 Å². The van der Waals surface area contributed by atoms with Crippen LogP contribution in [0, 0.1) is 0 Å². The molecule has 1 fully saturated rings. The third-order valence-corrected chi connectivity index (χ3v) is 5.02. The van der Waals surface area contributed by atoms with E-state index in [1.807, 2.05) is 0 Å². The molecule has 1 aliphatic carbocycles. The highest BCUT2D eigenvalue weighted by Gasteiger charge is 2.85. The van der Waals surface area contributed by atoms with E-state index in [0.29, 0.717) is 0 Å². The quantitative estimate of drug-likeness (QED) is 0.474. The second kappa shape index (κ2) is 2.26. The summed E-state index contributed by atoms with van der Waals surface area (Å²) in [7, 11) is 0. The van der Waals surface area contributed by atoms with Crippen molar-refractivity contribution in [2.24, 2.45) is 0 Å². The fraction of sp³-hybridized carbons (Fsp3) is 1.00. The zero-order valence-electron chi connectivity index (χ0n) is 4.72. The van der Waals surface area contributed by atoms with Gasteiger partial charge < -0.3 is 0 Å². The Morgan fingerprint density at radius 2 is 1.55 bits per heavy atom. The molecule has 66 valence electrons. The summed E-state index contributed by atoms with van der Waals surface area (Å²) in [5, 5.41) is 0. The molecule has 1 aliphatic rings. The zero-order valence-corrected chi connectivity index (χ0v) is 8.65. The molecule has 1 saturated carbocycles. The van der Waals surface area contributed by atoms with Gasteiger partial charge in [-0.3, -0.25) is 0 Å². The van der Waals surface area contributed by atoms with Crippen LogP contribution in [0.25, 0.3) is 0 Å². The van der Waals surface area contributed by atoms with Crippen molar-refractivity contribution in [3.63, 3.8) is 0 Å². The Hall–Kier alpha value is 0.970. The first-order chi connectivity index (χ1) is 4.65. The van der Waals surface area contributed by atoms with Gasteiger partial charge in [-0.1, -0.05) is 43.5 Å². The van der Waals surface area contributed by atoms with Crippen LogP contribution in [-0.4, -0.2) is 20.5 Å². The molecule has 0 nitrogen and oxygen atoms in total. The molecule has 0 amide bonds. The molecule has 0 saturated heterocycles. The molecule has 0 aromatic rings. The normalized spacial score (nSPS) is 46.6. The minimum atomic E-state index is -4.21. The molecule has 0 N–H and O–H groups in total. The summed E-state index contributed by atoms with van der Waals surface area (Å²) in [6.07, 6.45) is 0. The van der Waals surface area contributed by atoms with Crippen LogP contribution in [0.5, 0.6) is 0 Å². The third-order valence-electron chi connectivity index (χ3n) is 1.47. The molecule has 1 rings (SSSR count). The van der Waals surface area contributed by atoms with E-state index in [4.69, 9.17) is 11.6 Å². The molecule has 0 radical (unpaired) electrons. The van der Waals surface area contributed by atoms with E-state index in [2.05, 4.69) is 31.9 Å². The molecule has 2 atom stereocenters. The molecule has 0 aliphatic heterocycles. The Morgan fingerprint density at radius 1 is 1.18 bits per heavy atom. The number of halogens is 7. The number of hydrogen-bond donors (Lipinski definition) is 0. The van der Waals surface area contributed by atoms with Crippen LogP contribution in [-0.2, 0) is 0 Å². The molecule has 11 heavy (non-hydrogen) atoms. The lowest BCUT2D eigenvalue weighted by Gasteiger charge is -2.50. The van der Waals surface area contributed by atoms with Crippen LogP contribution in [0.15, 0.2) is 0 Å². The summed E-state index contributed by atoms with van der Waals surface area (Å²) in [4.78, 5) is -1.75. The molecule has 0 aromatic heterocycles.